The number of carbonyl (C=O) groups is 1. The topological polar surface area (TPSA) is 122 Å². The van der Waals surface area contributed by atoms with Gasteiger partial charge in [-0.3, -0.25) is 14.9 Å². The Morgan fingerprint density at radius 1 is 1.15 bits per heavy atom. The van der Waals surface area contributed by atoms with Gasteiger partial charge in [-0.1, -0.05) is 0 Å². The Kier molecular flexibility index (Phi) is 6.48. The minimum Gasteiger partial charge on any atom is -0.482 e. The number of aldehydes is 1. The Hall–Kier alpha value is -2.98. The molecule has 0 aliphatic heterocycles. The molecule has 2 aromatic rings. The molecule has 0 bridgehead atoms. The lowest BCUT2D eigenvalue weighted by Crippen LogP contribution is -2.08. The molecule has 0 heterocycles. The van der Waals surface area contributed by atoms with Crippen LogP contribution in [0.3, 0.4) is 0 Å². The van der Waals surface area contributed by atoms with Crippen LogP contribution in [0.2, 0.25) is 0 Å². The highest BCUT2D eigenvalue weighted by atomic mass is 32.2. The molecule has 0 spiro atoms. The monoisotopic (exact) mass is 395 g/mol. The highest BCUT2D eigenvalue weighted by Gasteiger charge is 2.26. The first-order valence-electron chi connectivity index (χ1n) is 7.63. The zero-order valence-corrected chi connectivity index (χ0v) is 15.4. The van der Waals surface area contributed by atoms with Gasteiger partial charge < -0.3 is 14.2 Å². The summed E-state index contributed by atoms with van der Waals surface area (Å²) < 4.78 is 39.7. The third-order valence-electron chi connectivity index (χ3n) is 3.41. The van der Waals surface area contributed by atoms with Crippen LogP contribution in [0.5, 0.6) is 17.2 Å². The van der Waals surface area contributed by atoms with Crippen LogP contribution in [0, 0.1) is 10.1 Å². The van der Waals surface area contributed by atoms with E-state index in [1.165, 1.54) is 31.4 Å². The average Bonchev–Trinajstić information content (AvgIpc) is 2.62. The zero-order chi connectivity index (χ0) is 20.0. The summed E-state index contributed by atoms with van der Waals surface area (Å²) in [5.41, 5.74) is -0.136. The van der Waals surface area contributed by atoms with Crippen molar-refractivity contribution < 1.29 is 32.3 Å². The number of nitro groups is 1. The van der Waals surface area contributed by atoms with E-state index in [0.717, 1.165) is 18.4 Å². The van der Waals surface area contributed by atoms with Crippen molar-refractivity contribution in [1.82, 2.24) is 0 Å². The number of benzene rings is 2. The summed E-state index contributed by atoms with van der Waals surface area (Å²) in [5.74, 6) is -0.111. The van der Waals surface area contributed by atoms with E-state index in [-0.39, 0.29) is 35.4 Å². The maximum absolute atomic E-state index is 11.9. The van der Waals surface area contributed by atoms with Crippen LogP contribution in [-0.4, -0.2) is 46.2 Å². The van der Waals surface area contributed by atoms with E-state index in [9.17, 15) is 23.3 Å². The van der Waals surface area contributed by atoms with Crippen LogP contribution in [0.4, 0.5) is 5.69 Å². The summed E-state index contributed by atoms with van der Waals surface area (Å²) in [4.78, 5) is 21.1. The van der Waals surface area contributed by atoms with Gasteiger partial charge in [0, 0.05) is 31.1 Å². The van der Waals surface area contributed by atoms with E-state index in [4.69, 9.17) is 14.2 Å². The maximum atomic E-state index is 11.9. The second-order valence-electron chi connectivity index (χ2n) is 5.43. The molecular formula is C17H17NO8S. The van der Waals surface area contributed by atoms with Gasteiger partial charge in [0.25, 0.3) is 0 Å². The fourth-order valence-electron chi connectivity index (χ4n) is 2.10. The second-order valence-corrected chi connectivity index (χ2v) is 7.44. The molecule has 27 heavy (non-hydrogen) atoms. The van der Waals surface area contributed by atoms with E-state index < -0.39 is 20.4 Å². The van der Waals surface area contributed by atoms with Crippen LogP contribution in [0.25, 0.3) is 0 Å². The number of nitro benzene ring substituents is 1. The van der Waals surface area contributed by atoms with E-state index in [2.05, 4.69) is 0 Å². The van der Waals surface area contributed by atoms with Crippen LogP contribution in [-0.2, 0) is 14.6 Å². The first-order chi connectivity index (χ1) is 12.8. The highest BCUT2D eigenvalue weighted by Crippen LogP contribution is 2.41. The quantitative estimate of drug-likeness (QED) is 0.275. The van der Waals surface area contributed by atoms with Crippen LogP contribution < -0.4 is 9.47 Å². The van der Waals surface area contributed by atoms with Crippen LogP contribution in [0.15, 0.2) is 41.3 Å². The lowest BCUT2D eigenvalue weighted by Gasteiger charge is -2.14. The lowest BCUT2D eigenvalue weighted by molar-refractivity contribution is -0.386. The second kappa shape index (κ2) is 8.60. The minimum atomic E-state index is -3.74. The predicted octanol–water partition coefficient (Wildman–Crippen LogP) is 2.63. The molecule has 2 rings (SSSR count). The van der Waals surface area contributed by atoms with Crippen molar-refractivity contribution in [3.63, 3.8) is 0 Å². The molecule has 0 atom stereocenters. The molecule has 144 valence electrons. The van der Waals surface area contributed by atoms with Gasteiger partial charge in [0.15, 0.2) is 15.6 Å². The molecule has 0 aliphatic carbocycles. The maximum Gasteiger partial charge on any atom is 0.316 e. The number of ether oxygens (including phenoxy) is 3. The van der Waals surface area contributed by atoms with Gasteiger partial charge in [-0.2, -0.15) is 0 Å². The third-order valence-corrected chi connectivity index (χ3v) is 4.50. The van der Waals surface area contributed by atoms with E-state index in [1.54, 1.807) is 0 Å². The molecular weight excluding hydrogens is 378 g/mol. The Balaban J connectivity index is 2.56. The summed E-state index contributed by atoms with van der Waals surface area (Å²) in [7, 11) is -2.30. The predicted molar refractivity (Wildman–Crippen MR) is 95.5 cm³/mol. The van der Waals surface area contributed by atoms with Gasteiger partial charge >= 0.3 is 5.69 Å². The number of hydrogen-bond acceptors (Lipinski definition) is 8. The molecule has 2 aromatic carbocycles. The van der Waals surface area contributed by atoms with Crippen molar-refractivity contribution >= 4 is 21.8 Å². The van der Waals surface area contributed by atoms with E-state index in [0.29, 0.717) is 11.8 Å². The molecule has 0 amide bonds. The third kappa shape index (κ3) is 5.25. The Bertz CT molecular complexity index is 938. The SMILES string of the molecule is COCCOc1c(Oc2ccc(C=O)cc2)cc(S(C)(=O)=O)cc1[N+](=O)[O-]. The van der Waals surface area contributed by atoms with Crippen LogP contribution in [0.1, 0.15) is 10.4 Å². The molecule has 0 aliphatic rings. The molecule has 10 heteroatoms. The van der Waals surface area contributed by atoms with Crippen molar-refractivity contribution in [3.05, 3.63) is 52.1 Å². The number of carbonyl (C=O) groups excluding carboxylic acids is 1. The normalized spacial score (nSPS) is 11.0. The van der Waals surface area contributed by atoms with Crippen LogP contribution >= 0.6 is 0 Å². The molecule has 0 N–H and O–H groups in total. The summed E-state index contributed by atoms with van der Waals surface area (Å²) >= 11 is 0. The smallest absolute Gasteiger partial charge is 0.316 e. The Labute approximate surface area is 155 Å². The minimum absolute atomic E-state index is 0.00397. The van der Waals surface area contributed by atoms with Gasteiger partial charge in [0.1, 0.15) is 18.6 Å². The summed E-state index contributed by atoms with van der Waals surface area (Å²) in [5, 5.41) is 11.4. The van der Waals surface area contributed by atoms with Gasteiger partial charge in [-0.05, 0) is 24.3 Å². The molecule has 9 nitrogen and oxygen atoms in total. The van der Waals surface area contributed by atoms with Crippen molar-refractivity contribution in [3.8, 4) is 17.2 Å². The van der Waals surface area contributed by atoms with Crippen molar-refractivity contribution in [2.75, 3.05) is 26.6 Å². The number of rotatable bonds is 9. The summed E-state index contributed by atoms with van der Waals surface area (Å²) in [6.07, 6.45) is 1.58. The first-order valence-corrected chi connectivity index (χ1v) is 9.52. The molecule has 0 aromatic heterocycles. The van der Waals surface area contributed by atoms with E-state index >= 15 is 0 Å². The van der Waals surface area contributed by atoms with Gasteiger partial charge in [0.05, 0.1) is 16.4 Å². The van der Waals surface area contributed by atoms with E-state index in [1.807, 2.05) is 0 Å². The van der Waals surface area contributed by atoms with Gasteiger partial charge in [0.2, 0.25) is 5.75 Å². The Morgan fingerprint density at radius 2 is 1.81 bits per heavy atom. The molecule has 0 unspecified atom stereocenters. The fraction of sp³-hybridized carbons (Fsp3) is 0.235. The van der Waals surface area contributed by atoms with Gasteiger partial charge in [-0.25, -0.2) is 8.42 Å². The number of sulfone groups is 1. The number of methoxy groups -OCH3 is 1. The molecule has 0 saturated carbocycles. The van der Waals surface area contributed by atoms with Crippen molar-refractivity contribution in [2.45, 2.75) is 4.90 Å². The van der Waals surface area contributed by atoms with Crippen molar-refractivity contribution in [1.29, 1.82) is 0 Å². The number of hydrogen-bond donors (Lipinski definition) is 0. The fourth-order valence-corrected chi connectivity index (χ4v) is 2.75. The highest BCUT2D eigenvalue weighted by molar-refractivity contribution is 7.90. The lowest BCUT2D eigenvalue weighted by atomic mass is 10.2. The Morgan fingerprint density at radius 3 is 2.33 bits per heavy atom. The average molecular weight is 395 g/mol. The summed E-state index contributed by atoms with van der Waals surface area (Å²) in [6, 6.07) is 7.99. The molecule has 0 radical (unpaired) electrons. The number of nitrogens with zero attached hydrogens (tertiary/aromatic N) is 1. The standard InChI is InChI=1S/C17H17NO8S/c1-24-7-8-25-17-15(18(20)21)9-14(27(2,22)23)10-16(17)26-13-5-3-12(11-19)4-6-13/h3-6,9-11H,7-8H2,1-2H3. The summed E-state index contributed by atoms with van der Waals surface area (Å²) in [6.45, 7) is 0.161. The van der Waals surface area contributed by atoms with Gasteiger partial charge in [-0.15, -0.1) is 0 Å². The first kappa shape index (κ1) is 20.3. The molecule has 0 fully saturated rings. The zero-order valence-electron chi connectivity index (χ0n) is 14.6. The van der Waals surface area contributed by atoms with Crippen molar-refractivity contribution in [2.24, 2.45) is 0 Å². The molecule has 0 saturated heterocycles. The largest absolute Gasteiger partial charge is 0.482 e.